The average Bonchev–Trinajstić information content (AvgIpc) is 3.20. The Kier molecular flexibility index (Phi) is 5.59. The Morgan fingerprint density at radius 2 is 2.14 bits per heavy atom. The molecule has 1 aromatic carbocycles. The second kappa shape index (κ2) is 8.46. The second-order valence-electron chi connectivity index (χ2n) is 7.23. The van der Waals surface area contributed by atoms with Crippen LogP contribution in [0.1, 0.15) is 30.3 Å². The summed E-state index contributed by atoms with van der Waals surface area (Å²) in [5, 5.41) is 9.97. The van der Waals surface area contributed by atoms with E-state index < -0.39 is 0 Å². The quantitative estimate of drug-likeness (QED) is 0.635. The van der Waals surface area contributed by atoms with Gasteiger partial charge in [0, 0.05) is 54.3 Å². The van der Waals surface area contributed by atoms with E-state index in [0.29, 0.717) is 18.4 Å². The molecule has 3 heterocycles. The van der Waals surface area contributed by atoms with Crippen LogP contribution in [0.15, 0.2) is 42.6 Å². The maximum Gasteiger partial charge on any atom is 0.140 e. The molecule has 6 nitrogen and oxygen atoms in total. The van der Waals surface area contributed by atoms with Crippen molar-refractivity contribution in [3.63, 3.8) is 0 Å². The van der Waals surface area contributed by atoms with Crippen LogP contribution in [-0.4, -0.2) is 35.8 Å². The zero-order valence-corrected chi connectivity index (χ0v) is 16.8. The summed E-state index contributed by atoms with van der Waals surface area (Å²) in [4.78, 5) is 11.2. The molecule has 0 bridgehead atoms. The number of anilines is 1. The molecule has 0 saturated carbocycles. The average molecular weight is 388 g/mol. The Hall–Kier alpha value is -3.17. The van der Waals surface area contributed by atoms with Gasteiger partial charge in [-0.25, -0.2) is 4.98 Å². The molecule has 6 heteroatoms. The third-order valence-electron chi connectivity index (χ3n) is 5.12. The zero-order valence-electron chi connectivity index (χ0n) is 16.8. The summed E-state index contributed by atoms with van der Waals surface area (Å²) >= 11 is 0. The van der Waals surface area contributed by atoms with Gasteiger partial charge >= 0.3 is 0 Å². The van der Waals surface area contributed by atoms with Crippen molar-refractivity contribution < 1.29 is 9.47 Å². The highest BCUT2D eigenvalue weighted by Gasteiger charge is 2.24. The van der Waals surface area contributed by atoms with E-state index in [-0.39, 0.29) is 0 Å². The van der Waals surface area contributed by atoms with Crippen LogP contribution in [0.5, 0.6) is 5.75 Å². The third-order valence-corrected chi connectivity index (χ3v) is 5.12. The van der Waals surface area contributed by atoms with Gasteiger partial charge in [0.05, 0.1) is 11.6 Å². The van der Waals surface area contributed by atoms with Crippen LogP contribution in [-0.2, 0) is 11.3 Å². The number of pyridine rings is 2. The van der Waals surface area contributed by atoms with Gasteiger partial charge in [-0.3, -0.25) is 4.98 Å². The van der Waals surface area contributed by atoms with Gasteiger partial charge in [-0.2, -0.15) is 5.26 Å². The maximum atomic E-state index is 8.84. The van der Waals surface area contributed by atoms with Crippen LogP contribution in [0.25, 0.3) is 10.9 Å². The Labute approximate surface area is 170 Å². The first-order chi connectivity index (χ1) is 14.2. The van der Waals surface area contributed by atoms with E-state index in [0.717, 1.165) is 54.0 Å². The Balaban J connectivity index is 1.54. The Morgan fingerprint density at radius 3 is 2.90 bits per heavy atom. The lowest BCUT2D eigenvalue weighted by Crippen LogP contribution is -2.23. The minimum absolute atomic E-state index is 0.298. The summed E-state index contributed by atoms with van der Waals surface area (Å²) in [7, 11) is 0. The van der Waals surface area contributed by atoms with E-state index in [2.05, 4.69) is 22.0 Å². The molecule has 0 amide bonds. The number of fused-ring (bicyclic) bond motifs is 1. The van der Waals surface area contributed by atoms with Gasteiger partial charge in [-0.1, -0.05) is 6.07 Å². The molecule has 1 atom stereocenters. The molecular formula is C23H24N4O2. The van der Waals surface area contributed by atoms with Crippen LogP contribution in [0.3, 0.4) is 0 Å². The van der Waals surface area contributed by atoms with Gasteiger partial charge in [0.15, 0.2) is 0 Å². The zero-order chi connectivity index (χ0) is 20.2. The summed E-state index contributed by atoms with van der Waals surface area (Å²) in [6.07, 6.45) is 3.02. The molecule has 1 saturated heterocycles. The van der Waals surface area contributed by atoms with E-state index in [1.807, 2.05) is 38.1 Å². The molecule has 1 fully saturated rings. The van der Waals surface area contributed by atoms with E-state index in [4.69, 9.17) is 19.7 Å². The number of aromatic nitrogens is 2. The maximum absolute atomic E-state index is 8.84. The smallest absolute Gasteiger partial charge is 0.140 e. The minimum Gasteiger partial charge on any atom is -0.489 e. The fourth-order valence-electron chi connectivity index (χ4n) is 3.73. The number of nitriles is 1. The molecule has 1 unspecified atom stereocenters. The summed E-state index contributed by atoms with van der Waals surface area (Å²) in [5.74, 6) is 0.763. The first kappa shape index (κ1) is 19.2. The normalized spacial score (nSPS) is 16.2. The molecule has 4 rings (SSSR count). The van der Waals surface area contributed by atoms with Gasteiger partial charge in [0.1, 0.15) is 24.1 Å². The fraction of sp³-hybridized carbons (Fsp3) is 0.348. The van der Waals surface area contributed by atoms with E-state index in [1.54, 1.807) is 12.3 Å². The van der Waals surface area contributed by atoms with Crippen molar-refractivity contribution in [2.24, 2.45) is 0 Å². The minimum atomic E-state index is 0.298. The molecular weight excluding hydrogens is 364 g/mol. The highest BCUT2D eigenvalue weighted by atomic mass is 16.5. The molecule has 2 aromatic heterocycles. The predicted molar refractivity (Wildman–Crippen MR) is 112 cm³/mol. The first-order valence-electron chi connectivity index (χ1n) is 9.92. The number of rotatable bonds is 6. The van der Waals surface area contributed by atoms with Crippen molar-refractivity contribution in [2.45, 2.75) is 33.0 Å². The molecule has 0 N–H and O–H groups in total. The topological polar surface area (TPSA) is 71.3 Å². The monoisotopic (exact) mass is 388 g/mol. The summed E-state index contributed by atoms with van der Waals surface area (Å²) < 4.78 is 11.7. The van der Waals surface area contributed by atoms with Crippen molar-refractivity contribution in [3.8, 4) is 11.8 Å². The Bertz CT molecular complexity index is 1040. The van der Waals surface area contributed by atoms with Crippen LogP contribution in [0, 0.1) is 18.3 Å². The lowest BCUT2D eigenvalue weighted by Gasteiger charge is -2.21. The van der Waals surface area contributed by atoms with Crippen LogP contribution < -0.4 is 9.64 Å². The number of hydrogen-bond donors (Lipinski definition) is 0. The molecule has 1 aliphatic rings. The highest BCUT2D eigenvalue weighted by molar-refractivity contribution is 5.93. The number of aryl methyl sites for hydroxylation is 1. The number of ether oxygens (including phenoxy) is 2. The van der Waals surface area contributed by atoms with Gasteiger partial charge in [0.25, 0.3) is 0 Å². The van der Waals surface area contributed by atoms with Crippen LogP contribution in [0.4, 0.5) is 5.69 Å². The molecule has 3 aromatic rings. The summed E-state index contributed by atoms with van der Waals surface area (Å²) in [5.41, 5.74) is 4.44. The van der Waals surface area contributed by atoms with Crippen molar-refractivity contribution in [3.05, 3.63) is 59.5 Å². The van der Waals surface area contributed by atoms with Gasteiger partial charge in [0.2, 0.25) is 0 Å². The van der Waals surface area contributed by atoms with Gasteiger partial charge < -0.3 is 14.4 Å². The van der Waals surface area contributed by atoms with Crippen LogP contribution >= 0.6 is 0 Å². The fourth-order valence-corrected chi connectivity index (χ4v) is 3.73. The molecule has 0 radical (unpaired) electrons. The van der Waals surface area contributed by atoms with Crippen molar-refractivity contribution in [1.82, 2.24) is 9.97 Å². The Morgan fingerprint density at radius 1 is 1.24 bits per heavy atom. The SMILES string of the molecule is CCOC1CCN(c2cc(C)nc3cc(OCc4ccc(C#N)nc4)ccc23)C1. The summed E-state index contributed by atoms with van der Waals surface area (Å²) in [6.45, 7) is 7.12. The van der Waals surface area contributed by atoms with E-state index in [1.165, 1.54) is 5.69 Å². The van der Waals surface area contributed by atoms with E-state index in [9.17, 15) is 0 Å². The summed E-state index contributed by atoms with van der Waals surface area (Å²) in [6, 6.07) is 13.8. The predicted octanol–water partition coefficient (Wildman–Crippen LogP) is 4.00. The molecule has 1 aliphatic heterocycles. The van der Waals surface area contributed by atoms with Crippen molar-refractivity contribution in [1.29, 1.82) is 5.26 Å². The third kappa shape index (κ3) is 4.30. The molecule has 0 aliphatic carbocycles. The molecule has 148 valence electrons. The number of nitrogens with zero attached hydrogens (tertiary/aromatic N) is 4. The lowest BCUT2D eigenvalue weighted by molar-refractivity contribution is 0.0788. The molecule has 0 spiro atoms. The van der Waals surface area contributed by atoms with Crippen molar-refractivity contribution >= 4 is 16.6 Å². The molecule has 29 heavy (non-hydrogen) atoms. The van der Waals surface area contributed by atoms with Crippen molar-refractivity contribution in [2.75, 3.05) is 24.6 Å². The van der Waals surface area contributed by atoms with Crippen LogP contribution in [0.2, 0.25) is 0 Å². The van der Waals surface area contributed by atoms with E-state index >= 15 is 0 Å². The first-order valence-corrected chi connectivity index (χ1v) is 9.92. The standard InChI is InChI=1S/C23H24N4O2/c1-3-28-20-8-9-27(14-20)23-10-16(2)26-22-11-19(6-7-21(22)23)29-15-17-4-5-18(12-24)25-13-17/h4-7,10-11,13,20H,3,8-9,14-15H2,1-2H3. The van der Waals surface area contributed by atoms with Gasteiger partial charge in [-0.05, 0) is 44.5 Å². The van der Waals surface area contributed by atoms with Gasteiger partial charge in [-0.15, -0.1) is 0 Å². The highest BCUT2D eigenvalue weighted by Crippen LogP contribution is 2.32. The number of benzene rings is 1. The number of hydrogen-bond acceptors (Lipinski definition) is 6. The lowest BCUT2D eigenvalue weighted by atomic mass is 10.1. The second-order valence-corrected chi connectivity index (χ2v) is 7.23. The largest absolute Gasteiger partial charge is 0.489 e.